The van der Waals surface area contributed by atoms with Crippen molar-refractivity contribution in [1.82, 2.24) is 0 Å². The van der Waals surface area contributed by atoms with Gasteiger partial charge in [0.1, 0.15) is 0 Å². The van der Waals surface area contributed by atoms with Crippen LogP contribution < -0.4 is 0 Å². The maximum absolute atomic E-state index is 5.57. The molecule has 88 valence electrons. The Morgan fingerprint density at radius 3 is 2.07 bits per heavy atom. The lowest BCUT2D eigenvalue weighted by Crippen LogP contribution is -2.04. The van der Waals surface area contributed by atoms with Crippen molar-refractivity contribution in [2.45, 2.75) is 77.3 Å². The number of hydrogen-bond donors (Lipinski definition) is 0. The number of epoxide rings is 2. The van der Waals surface area contributed by atoms with Crippen LogP contribution in [0.25, 0.3) is 0 Å². The monoisotopic (exact) mass is 212 g/mol. The van der Waals surface area contributed by atoms with Gasteiger partial charge < -0.3 is 9.47 Å². The van der Waals surface area contributed by atoms with Crippen LogP contribution in [-0.2, 0) is 9.47 Å². The van der Waals surface area contributed by atoms with Crippen LogP contribution in [0.5, 0.6) is 0 Å². The third-order valence-corrected chi connectivity index (χ3v) is 3.76. The zero-order valence-electron chi connectivity index (χ0n) is 10.2. The van der Waals surface area contributed by atoms with E-state index in [-0.39, 0.29) is 0 Å². The van der Waals surface area contributed by atoms with Gasteiger partial charge in [0, 0.05) is 0 Å². The van der Waals surface area contributed by atoms with Gasteiger partial charge in [-0.05, 0) is 38.0 Å². The number of ether oxygens (including phenoxy) is 2. The Morgan fingerprint density at radius 1 is 0.933 bits per heavy atom. The van der Waals surface area contributed by atoms with E-state index >= 15 is 0 Å². The molecular formula is C13H24O2. The summed E-state index contributed by atoms with van der Waals surface area (Å²) < 4.78 is 11.1. The molecule has 2 rings (SSSR count). The number of rotatable bonds is 7. The molecule has 0 spiro atoms. The molecule has 0 aromatic carbocycles. The van der Waals surface area contributed by atoms with Gasteiger partial charge in [0.2, 0.25) is 0 Å². The first-order valence-electron chi connectivity index (χ1n) is 6.55. The van der Waals surface area contributed by atoms with E-state index in [0.29, 0.717) is 24.4 Å². The van der Waals surface area contributed by atoms with Gasteiger partial charge in [-0.25, -0.2) is 0 Å². The van der Waals surface area contributed by atoms with E-state index in [1.807, 2.05) is 0 Å². The van der Waals surface area contributed by atoms with E-state index in [2.05, 4.69) is 20.8 Å². The van der Waals surface area contributed by atoms with Crippen LogP contribution in [0.3, 0.4) is 0 Å². The highest BCUT2D eigenvalue weighted by Crippen LogP contribution is 2.34. The van der Waals surface area contributed by atoms with E-state index in [1.54, 1.807) is 0 Å². The van der Waals surface area contributed by atoms with Gasteiger partial charge in [-0.15, -0.1) is 0 Å². The Labute approximate surface area is 93.3 Å². The predicted molar refractivity (Wildman–Crippen MR) is 60.9 cm³/mol. The Balaban J connectivity index is 1.52. The molecule has 2 nitrogen and oxygen atoms in total. The highest BCUT2D eigenvalue weighted by Gasteiger charge is 2.39. The number of hydrogen-bond acceptors (Lipinski definition) is 2. The molecule has 2 aliphatic heterocycles. The largest absolute Gasteiger partial charge is 0.370 e. The van der Waals surface area contributed by atoms with Gasteiger partial charge in [0.05, 0.1) is 24.4 Å². The SMILES string of the molecule is CCC1OC1CCC(C)CC1OC1CC. The fraction of sp³-hybridized carbons (Fsp3) is 1.00. The quantitative estimate of drug-likeness (QED) is 0.606. The Morgan fingerprint density at radius 2 is 1.53 bits per heavy atom. The standard InChI is InChI=1S/C13H24O2/c1-4-10-12(14-10)7-6-9(3)8-13-11(5-2)15-13/h9-13H,4-8H2,1-3H3. The van der Waals surface area contributed by atoms with Crippen molar-refractivity contribution in [3.8, 4) is 0 Å². The molecule has 2 saturated heterocycles. The maximum Gasteiger partial charge on any atom is 0.0844 e. The highest BCUT2D eigenvalue weighted by atomic mass is 16.6. The van der Waals surface area contributed by atoms with E-state index in [9.17, 15) is 0 Å². The molecule has 5 atom stereocenters. The minimum Gasteiger partial charge on any atom is -0.370 e. The van der Waals surface area contributed by atoms with Gasteiger partial charge in [-0.2, -0.15) is 0 Å². The molecule has 2 aliphatic rings. The Kier molecular flexibility index (Phi) is 3.68. The molecule has 0 aromatic rings. The summed E-state index contributed by atoms with van der Waals surface area (Å²) in [6, 6.07) is 0. The van der Waals surface area contributed by atoms with Crippen molar-refractivity contribution in [3.63, 3.8) is 0 Å². The van der Waals surface area contributed by atoms with E-state index in [0.717, 1.165) is 5.92 Å². The van der Waals surface area contributed by atoms with E-state index < -0.39 is 0 Å². The Bertz CT molecular complexity index is 205. The first-order valence-corrected chi connectivity index (χ1v) is 6.55. The van der Waals surface area contributed by atoms with Crippen LogP contribution in [0.4, 0.5) is 0 Å². The third kappa shape index (κ3) is 3.18. The first-order chi connectivity index (χ1) is 7.24. The first kappa shape index (κ1) is 11.4. The predicted octanol–water partition coefficient (Wildman–Crippen LogP) is 3.15. The molecule has 2 fully saturated rings. The summed E-state index contributed by atoms with van der Waals surface area (Å²) in [7, 11) is 0. The molecule has 0 saturated carbocycles. The van der Waals surface area contributed by atoms with Crippen LogP contribution in [-0.4, -0.2) is 24.4 Å². The van der Waals surface area contributed by atoms with Crippen LogP contribution in [0, 0.1) is 5.92 Å². The van der Waals surface area contributed by atoms with Gasteiger partial charge in [-0.1, -0.05) is 20.8 Å². The second-order valence-corrected chi connectivity index (χ2v) is 5.16. The van der Waals surface area contributed by atoms with Crippen LogP contribution in [0.15, 0.2) is 0 Å². The summed E-state index contributed by atoms with van der Waals surface area (Å²) in [5.41, 5.74) is 0. The molecule has 0 aliphatic carbocycles. The topological polar surface area (TPSA) is 25.1 Å². The zero-order valence-corrected chi connectivity index (χ0v) is 10.2. The normalized spacial score (nSPS) is 40.2. The molecule has 0 radical (unpaired) electrons. The van der Waals surface area contributed by atoms with Crippen molar-refractivity contribution in [2.75, 3.05) is 0 Å². The Hall–Kier alpha value is -0.0800. The molecule has 2 heterocycles. The van der Waals surface area contributed by atoms with Crippen LogP contribution >= 0.6 is 0 Å². The molecule has 0 N–H and O–H groups in total. The van der Waals surface area contributed by atoms with Gasteiger partial charge in [0.25, 0.3) is 0 Å². The van der Waals surface area contributed by atoms with Gasteiger partial charge >= 0.3 is 0 Å². The lowest BCUT2D eigenvalue weighted by Gasteiger charge is -2.07. The maximum atomic E-state index is 5.57. The van der Waals surface area contributed by atoms with Crippen LogP contribution in [0.2, 0.25) is 0 Å². The summed E-state index contributed by atoms with van der Waals surface area (Å²) in [5.74, 6) is 0.799. The lowest BCUT2D eigenvalue weighted by atomic mass is 9.96. The fourth-order valence-electron chi connectivity index (χ4n) is 2.50. The van der Waals surface area contributed by atoms with Gasteiger partial charge in [0.15, 0.2) is 0 Å². The second-order valence-electron chi connectivity index (χ2n) is 5.16. The lowest BCUT2D eigenvalue weighted by molar-refractivity contribution is 0.317. The smallest absolute Gasteiger partial charge is 0.0844 e. The molecule has 2 heteroatoms. The third-order valence-electron chi connectivity index (χ3n) is 3.76. The summed E-state index contributed by atoms with van der Waals surface area (Å²) in [6.45, 7) is 6.76. The van der Waals surface area contributed by atoms with Crippen molar-refractivity contribution >= 4 is 0 Å². The minimum atomic E-state index is 0.576. The van der Waals surface area contributed by atoms with Gasteiger partial charge in [-0.3, -0.25) is 0 Å². The second kappa shape index (κ2) is 4.84. The van der Waals surface area contributed by atoms with E-state index in [1.165, 1.54) is 32.1 Å². The van der Waals surface area contributed by atoms with Crippen molar-refractivity contribution in [3.05, 3.63) is 0 Å². The molecule has 0 bridgehead atoms. The summed E-state index contributed by atoms with van der Waals surface area (Å²) >= 11 is 0. The summed E-state index contributed by atoms with van der Waals surface area (Å²) in [4.78, 5) is 0. The average molecular weight is 212 g/mol. The molecule has 0 amide bonds. The van der Waals surface area contributed by atoms with E-state index in [4.69, 9.17) is 9.47 Å². The molecule has 15 heavy (non-hydrogen) atoms. The molecule has 5 unspecified atom stereocenters. The van der Waals surface area contributed by atoms with Crippen LogP contribution in [0.1, 0.15) is 52.9 Å². The minimum absolute atomic E-state index is 0.576. The molecular weight excluding hydrogens is 188 g/mol. The van der Waals surface area contributed by atoms with Crippen molar-refractivity contribution in [2.24, 2.45) is 5.92 Å². The zero-order chi connectivity index (χ0) is 10.8. The van der Waals surface area contributed by atoms with Crippen molar-refractivity contribution < 1.29 is 9.47 Å². The summed E-state index contributed by atoms with van der Waals surface area (Å²) in [6.07, 6.45) is 8.49. The highest BCUT2D eigenvalue weighted by molar-refractivity contribution is 4.87. The molecule has 0 aromatic heterocycles. The average Bonchev–Trinajstić information content (AvgIpc) is 3.10. The summed E-state index contributed by atoms with van der Waals surface area (Å²) in [5, 5.41) is 0. The van der Waals surface area contributed by atoms with Crippen molar-refractivity contribution in [1.29, 1.82) is 0 Å². The fourth-order valence-corrected chi connectivity index (χ4v) is 2.50.